The Kier molecular flexibility index (Phi) is 9.33. The fourth-order valence-electron chi connectivity index (χ4n) is 3.56. The van der Waals surface area contributed by atoms with Gasteiger partial charge in [0.25, 0.3) is 0 Å². The lowest BCUT2D eigenvalue weighted by atomic mass is 9.97. The van der Waals surface area contributed by atoms with Gasteiger partial charge in [0.05, 0.1) is 45.1 Å². The maximum absolute atomic E-state index is 11.7. The predicted molar refractivity (Wildman–Crippen MR) is 118 cm³/mol. The number of ether oxygens (including phenoxy) is 4. The largest absolute Gasteiger partial charge is 0.469 e. The Morgan fingerprint density at radius 3 is 2.43 bits per heavy atom. The number of esters is 1. The Morgan fingerprint density at radius 2 is 1.70 bits per heavy atom. The quantitative estimate of drug-likeness (QED) is 0.354. The number of benzene rings is 2. The van der Waals surface area contributed by atoms with Gasteiger partial charge < -0.3 is 18.9 Å². The average Bonchev–Trinajstić information content (AvgIpc) is 2.77. The van der Waals surface area contributed by atoms with Gasteiger partial charge in [-0.3, -0.25) is 4.79 Å². The molecule has 1 fully saturated rings. The van der Waals surface area contributed by atoms with Crippen molar-refractivity contribution >= 4 is 21.9 Å². The molecule has 2 aromatic rings. The second kappa shape index (κ2) is 12.2. The summed E-state index contributed by atoms with van der Waals surface area (Å²) in [6.07, 6.45) is 2.36. The summed E-state index contributed by atoms with van der Waals surface area (Å²) >= 11 is 3.44. The van der Waals surface area contributed by atoms with Crippen molar-refractivity contribution in [1.82, 2.24) is 0 Å². The highest BCUT2D eigenvalue weighted by molar-refractivity contribution is 9.10. The summed E-state index contributed by atoms with van der Waals surface area (Å²) in [6.45, 7) is 1.72. The number of halogens is 1. The van der Waals surface area contributed by atoms with Crippen molar-refractivity contribution in [2.24, 2.45) is 0 Å². The summed E-state index contributed by atoms with van der Waals surface area (Å²) in [5.41, 5.74) is 2.28. The van der Waals surface area contributed by atoms with Gasteiger partial charge in [-0.1, -0.05) is 58.4 Å². The molecule has 0 unspecified atom stereocenters. The Morgan fingerprint density at radius 1 is 1.00 bits per heavy atom. The van der Waals surface area contributed by atoms with Gasteiger partial charge in [0, 0.05) is 17.5 Å². The molecule has 0 saturated carbocycles. The molecule has 30 heavy (non-hydrogen) atoms. The Hall–Kier alpha value is -1.73. The molecule has 1 aliphatic heterocycles. The third kappa shape index (κ3) is 7.84. The van der Waals surface area contributed by atoms with Crippen LogP contribution in [-0.2, 0) is 37.0 Å². The van der Waals surface area contributed by atoms with Crippen LogP contribution in [0.25, 0.3) is 0 Å². The smallest absolute Gasteiger partial charge is 0.308 e. The van der Waals surface area contributed by atoms with Crippen LogP contribution in [0.4, 0.5) is 0 Å². The topological polar surface area (TPSA) is 54.0 Å². The summed E-state index contributed by atoms with van der Waals surface area (Å²) in [6, 6.07) is 18.2. The zero-order valence-corrected chi connectivity index (χ0v) is 18.9. The maximum Gasteiger partial charge on any atom is 0.308 e. The minimum atomic E-state index is -0.256. The fourth-order valence-corrected chi connectivity index (χ4v) is 3.83. The van der Waals surface area contributed by atoms with Crippen LogP contribution in [0, 0.1) is 0 Å². The van der Waals surface area contributed by atoms with Gasteiger partial charge in [0.1, 0.15) is 0 Å². The molecule has 6 heteroatoms. The van der Waals surface area contributed by atoms with Gasteiger partial charge in [0.2, 0.25) is 0 Å². The third-order valence-corrected chi connectivity index (χ3v) is 5.68. The fraction of sp³-hybridized carbons (Fsp3) is 0.458. The van der Waals surface area contributed by atoms with Crippen LogP contribution < -0.4 is 0 Å². The Labute approximate surface area is 186 Å². The first-order valence-electron chi connectivity index (χ1n) is 10.3. The Bertz CT molecular complexity index is 765. The summed E-state index contributed by atoms with van der Waals surface area (Å²) in [5.74, 6) is -0.256. The maximum atomic E-state index is 11.7. The van der Waals surface area contributed by atoms with E-state index >= 15 is 0 Å². The first kappa shape index (κ1) is 22.9. The van der Waals surface area contributed by atoms with Gasteiger partial charge in [-0.05, 0) is 36.1 Å². The molecule has 2 aromatic carbocycles. The van der Waals surface area contributed by atoms with Crippen molar-refractivity contribution in [3.05, 3.63) is 70.2 Å². The van der Waals surface area contributed by atoms with E-state index in [0.717, 1.165) is 28.4 Å². The average molecular weight is 477 g/mol. The number of hydrogen-bond acceptors (Lipinski definition) is 5. The highest BCUT2D eigenvalue weighted by Gasteiger charge is 2.31. The molecule has 0 amide bonds. The van der Waals surface area contributed by atoms with Crippen molar-refractivity contribution in [1.29, 1.82) is 0 Å². The third-order valence-electron chi connectivity index (χ3n) is 5.15. The minimum absolute atomic E-state index is 0.000836. The van der Waals surface area contributed by atoms with E-state index in [1.165, 1.54) is 7.11 Å². The van der Waals surface area contributed by atoms with Crippen molar-refractivity contribution < 1.29 is 23.7 Å². The number of carbonyl (C=O) groups is 1. The van der Waals surface area contributed by atoms with E-state index in [1.54, 1.807) is 0 Å². The summed E-state index contributed by atoms with van der Waals surface area (Å²) < 4.78 is 24.0. The highest BCUT2D eigenvalue weighted by Crippen LogP contribution is 2.27. The van der Waals surface area contributed by atoms with Crippen LogP contribution in [0.5, 0.6) is 0 Å². The Balaban J connectivity index is 1.48. The lowest BCUT2D eigenvalue weighted by Gasteiger charge is -2.35. The molecule has 1 saturated heterocycles. The molecule has 3 atom stereocenters. The molecular formula is C24H29BrO5. The van der Waals surface area contributed by atoms with E-state index in [0.29, 0.717) is 26.2 Å². The van der Waals surface area contributed by atoms with Crippen molar-refractivity contribution in [3.8, 4) is 0 Å². The zero-order chi connectivity index (χ0) is 21.2. The monoisotopic (exact) mass is 476 g/mol. The van der Waals surface area contributed by atoms with Crippen molar-refractivity contribution in [2.75, 3.05) is 13.7 Å². The second-order valence-electron chi connectivity index (χ2n) is 7.52. The first-order chi connectivity index (χ1) is 14.6. The van der Waals surface area contributed by atoms with Crippen LogP contribution in [0.2, 0.25) is 0 Å². The summed E-state index contributed by atoms with van der Waals surface area (Å²) in [4.78, 5) is 11.7. The van der Waals surface area contributed by atoms with E-state index in [1.807, 2.05) is 42.5 Å². The first-order valence-corrected chi connectivity index (χ1v) is 11.1. The van der Waals surface area contributed by atoms with Crippen molar-refractivity contribution in [3.63, 3.8) is 0 Å². The van der Waals surface area contributed by atoms with Gasteiger partial charge in [0.15, 0.2) is 0 Å². The molecule has 0 radical (unpaired) electrons. The van der Waals surface area contributed by atoms with Crippen molar-refractivity contribution in [2.45, 2.75) is 57.2 Å². The molecule has 0 N–H and O–H groups in total. The van der Waals surface area contributed by atoms with Crippen LogP contribution in [0.1, 0.15) is 36.8 Å². The van der Waals surface area contributed by atoms with E-state index in [9.17, 15) is 4.79 Å². The standard InChI is InChI=1S/C24H29BrO5/c1-27-24(26)15-23-14-22(29-17-18-5-3-2-4-6-18)13-21(30-23)11-12-28-16-19-7-9-20(25)10-8-19/h2-10,21-23H,11-17H2,1H3/t21-,22-,23-/m0/s1. The van der Waals surface area contributed by atoms with Crippen LogP contribution in [-0.4, -0.2) is 38.0 Å². The molecule has 1 heterocycles. The predicted octanol–water partition coefficient (Wildman–Crippen LogP) is 5.05. The normalized spacial score (nSPS) is 21.3. The molecule has 162 valence electrons. The number of hydrogen-bond donors (Lipinski definition) is 0. The zero-order valence-electron chi connectivity index (χ0n) is 17.3. The van der Waals surface area contributed by atoms with Crippen LogP contribution in [0.3, 0.4) is 0 Å². The SMILES string of the molecule is COC(=O)C[C@@H]1C[C@@H](OCc2ccccc2)C[C@H](CCOCc2ccc(Br)cc2)O1. The molecule has 0 aromatic heterocycles. The van der Waals surface area contributed by atoms with Gasteiger partial charge in [-0.25, -0.2) is 0 Å². The second-order valence-corrected chi connectivity index (χ2v) is 8.43. The molecule has 5 nitrogen and oxygen atoms in total. The van der Waals surface area contributed by atoms with Crippen LogP contribution >= 0.6 is 15.9 Å². The van der Waals surface area contributed by atoms with Gasteiger partial charge in [-0.15, -0.1) is 0 Å². The minimum Gasteiger partial charge on any atom is -0.469 e. The summed E-state index contributed by atoms with van der Waals surface area (Å²) in [7, 11) is 1.40. The van der Waals surface area contributed by atoms with Crippen LogP contribution in [0.15, 0.2) is 59.1 Å². The van der Waals surface area contributed by atoms with E-state index in [2.05, 4.69) is 28.1 Å². The van der Waals surface area contributed by atoms with E-state index in [4.69, 9.17) is 18.9 Å². The molecule has 0 bridgehead atoms. The number of rotatable bonds is 10. The van der Waals surface area contributed by atoms with E-state index < -0.39 is 0 Å². The molecule has 1 aliphatic rings. The molecule has 0 aliphatic carbocycles. The lowest BCUT2D eigenvalue weighted by molar-refractivity contribution is -0.155. The number of carbonyl (C=O) groups excluding carboxylic acids is 1. The molecule has 3 rings (SSSR count). The lowest BCUT2D eigenvalue weighted by Crippen LogP contribution is -2.38. The molecular weight excluding hydrogens is 448 g/mol. The van der Waals surface area contributed by atoms with Gasteiger partial charge >= 0.3 is 5.97 Å². The number of methoxy groups -OCH3 is 1. The van der Waals surface area contributed by atoms with E-state index in [-0.39, 0.29) is 30.7 Å². The van der Waals surface area contributed by atoms with Gasteiger partial charge in [-0.2, -0.15) is 0 Å². The molecule has 0 spiro atoms. The highest BCUT2D eigenvalue weighted by atomic mass is 79.9. The summed E-state index contributed by atoms with van der Waals surface area (Å²) in [5, 5.41) is 0.